The summed E-state index contributed by atoms with van der Waals surface area (Å²) in [5.74, 6) is -0.353. The van der Waals surface area contributed by atoms with Crippen LogP contribution in [-0.4, -0.2) is 18.5 Å². The van der Waals surface area contributed by atoms with Gasteiger partial charge >= 0.3 is 0 Å². The van der Waals surface area contributed by atoms with Crippen molar-refractivity contribution in [2.24, 2.45) is 0 Å². The first-order valence-corrected chi connectivity index (χ1v) is 7.91. The van der Waals surface area contributed by atoms with Crippen molar-refractivity contribution in [3.05, 3.63) is 49.8 Å². The van der Waals surface area contributed by atoms with Crippen LogP contribution in [0.1, 0.15) is 0 Å². The minimum Gasteiger partial charge on any atom is -0.505 e. The number of phenolic OH excluding ortho intramolecular Hbond substituents is 1. The van der Waals surface area contributed by atoms with E-state index in [4.69, 9.17) is 34.8 Å². The number of halogens is 3. The number of phenols is 1. The number of nitrogens with one attached hydrogen (secondary N) is 2. The van der Waals surface area contributed by atoms with Crippen LogP contribution in [0, 0.1) is 0 Å². The molecule has 0 spiro atoms. The van der Waals surface area contributed by atoms with Crippen LogP contribution in [0.15, 0.2) is 34.1 Å². The highest BCUT2D eigenvalue weighted by Crippen LogP contribution is 2.35. The molecule has 0 fully saturated rings. The molecule has 0 aliphatic rings. The summed E-state index contributed by atoms with van der Waals surface area (Å²) in [7, 11) is -4.00. The smallest absolute Gasteiger partial charge is 0.266 e. The van der Waals surface area contributed by atoms with Crippen LogP contribution in [0.5, 0.6) is 5.75 Å². The average Bonchev–Trinajstić information content (AvgIpc) is 2.38. The molecule has 0 atom stereocenters. The van der Waals surface area contributed by atoms with Gasteiger partial charge in [-0.05, 0) is 18.2 Å². The van der Waals surface area contributed by atoms with E-state index in [1.54, 1.807) is 0 Å². The van der Waals surface area contributed by atoms with E-state index < -0.39 is 15.6 Å². The summed E-state index contributed by atoms with van der Waals surface area (Å²) in [6.07, 6.45) is 1.00. The first-order valence-electron chi connectivity index (χ1n) is 5.30. The van der Waals surface area contributed by atoms with Crippen LogP contribution in [0.2, 0.25) is 15.1 Å². The summed E-state index contributed by atoms with van der Waals surface area (Å²) in [4.78, 5) is 13.1. The zero-order valence-corrected chi connectivity index (χ0v) is 13.1. The Morgan fingerprint density at radius 2 is 1.62 bits per heavy atom. The Bertz CT molecular complexity index is 841. The van der Waals surface area contributed by atoms with Crippen molar-refractivity contribution < 1.29 is 13.5 Å². The van der Waals surface area contributed by atoms with Crippen LogP contribution in [0.4, 0.5) is 5.69 Å². The number of anilines is 1. The summed E-state index contributed by atoms with van der Waals surface area (Å²) in [5, 5.41) is 8.93. The molecule has 112 valence electrons. The van der Waals surface area contributed by atoms with Gasteiger partial charge in [0, 0.05) is 6.20 Å². The minimum atomic E-state index is -4.00. The molecule has 0 saturated carbocycles. The Labute approximate surface area is 134 Å². The summed E-state index contributed by atoms with van der Waals surface area (Å²) in [6.45, 7) is 0. The molecular formula is C11H7Cl3N2O4S. The van der Waals surface area contributed by atoms with Crippen LogP contribution < -0.4 is 10.3 Å². The lowest BCUT2D eigenvalue weighted by Gasteiger charge is -2.10. The van der Waals surface area contributed by atoms with Crippen molar-refractivity contribution >= 4 is 50.5 Å². The molecule has 6 nitrogen and oxygen atoms in total. The Hall–Kier alpha value is -1.41. The minimum absolute atomic E-state index is 0.0464. The SMILES string of the molecule is O=c1[nH]cc(S(=O)(=O)Nc2cc(Cl)c(O)c(Cl)c2)cc1Cl. The van der Waals surface area contributed by atoms with Crippen molar-refractivity contribution in [1.29, 1.82) is 0 Å². The molecular weight excluding hydrogens is 363 g/mol. The van der Waals surface area contributed by atoms with Gasteiger partial charge in [0.15, 0.2) is 5.75 Å². The molecule has 2 aromatic rings. The van der Waals surface area contributed by atoms with Gasteiger partial charge in [-0.3, -0.25) is 9.52 Å². The Balaban J connectivity index is 2.42. The zero-order valence-electron chi connectivity index (χ0n) is 10.0. The van der Waals surface area contributed by atoms with E-state index in [1.807, 2.05) is 0 Å². The highest BCUT2D eigenvalue weighted by molar-refractivity contribution is 7.92. The first-order chi connectivity index (χ1) is 9.70. The molecule has 0 bridgehead atoms. The molecule has 0 aliphatic heterocycles. The van der Waals surface area contributed by atoms with E-state index in [-0.39, 0.29) is 31.4 Å². The number of aromatic hydroxyl groups is 1. The third-order valence-corrected chi connectivity index (χ3v) is 4.63. The van der Waals surface area contributed by atoms with Crippen molar-refractivity contribution in [3.63, 3.8) is 0 Å². The zero-order chi connectivity index (χ0) is 15.8. The number of hydrogen-bond donors (Lipinski definition) is 3. The number of hydrogen-bond acceptors (Lipinski definition) is 4. The summed E-state index contributed by atoms with van der Waals surface area (Å²) in [6, 6.07) is 3.38. The van der Waals surface area contributed by atoms with Crippen LogP contribution in [-0.2, 0) is 10.0 Å². The van der Waals surface area contributed by atoms with Crippen LogP contribution in [0.3, 0.4) is 0 Å². The third-order valence-electron chi connectivity index (χ3n) is 2.41. The molecule has 10 heteroatoms. The third kappa shape index (κ3) is 3.44. The summed E-state index contributed by atoms with van der Waals surface area (Å²) < 4.78 is 26.5. The lowest BCUT2D eigenvalue weighted by Crippen LogP contribution is -2.16. The largest absolute Gasteiger partial charge is 0.505 e. The lowest BCUT2D eigenvalue weighted by molar-refractivity contribution is 0.476. The molecule has 0 aliphatic carbocycles. The van der Waals surface area contributed by atoms with Crippen molar-refractivity contribution in [2.45, 2.75) is 4.90 Å². The van der Waals surface area contributed by atoms with Gasteiger partial charge in [-0.25, -0.2) is 8.42 Å². The summed E-state index contributed by atoms with van der Waals surface area (Å²) >= 11 is 17.0. The molecule has 1 aromatic carbocycles. The highest BCUT2D eigenvalue weighted by atomic mass is 35.5. The normalized spacial score (nSPS) is 11.4. The van der Waals surface area contributed by atoms with Gasteiger partial charge in [-0.1, -0.05) is 34.8 Å². The van der Waals surface area contributed by atoms with E-state index in [0.29, 0.717) is 0 Å². The lowest BCUT2D eigenvalue weighted by atomic mass is 10.3. The number of H-pyrrole nitrogens is 1. The molecule has 1 aromatic heterocycles. The van der Waals surface area contributed by atoms with E-state index in [2.05, 4.69) is 9.71 Å². The molecule has 0 saturated heterocycles. The fraction of sp³-hybridized carbons (Fsp3) is 0. The highest BCUT2D eigenvalue weighted by Gasteiger charge is 2.17. The predicted octanol–water partition coefficient (Wildman–Crippen LogP) is 2.84. The maximum Gasteiger partial charge on any atom is 0.266 e. The maximum absolute atomic E-state index is 12.1. The van der Waals surface area contributed by atoms with Gasteiger partial charge in [-0.15, -0.1) is 0 Å². The van der Waals surface area contributed by atoms with E-state index in [1.165, 1.54) is 12.1 Å². The van der Waals surface area contributed by atoms with Crippen molar-refractivity contribution in [3.8, 4) is 5.75 Å². The van der Waals surface area contributed by atoms with Gasteiger partial charge in [0.25, 0.3) is 15.6 Å². The van der Waals surface area contributed by atoms with Gasteiger partial charge in [0.05, 0.1) is 15.7 Å². The van der Waals surface area contributed by atoms with Crippen LogP contribution >= 0.6 is 34.8 Å². The van der Waals surface area contributed by atoms with Gasteiger partial charge in [0.1, 0.15) is 9.92 Å². The number of rotatable bonds is 3. The van der Waals surface area contributed by atoms with Crippen molar-refractivity contribution in [2.75, 3.05) is 4.72 Å². The average molecular weight is 370 g/mol. The second-order valence-electron chi connectivity index (χ2n) is 3.91. The van der Waals surface area contributed by atoms with E-state index in [9.17, 15) is 18.3 Å². The maximum atomic E-state index is 12.1. The van der Waals surface area contributed by atoms with Gasteiger partial charge in [0.2, 0.25) is 0 Å². The number of benzene rings is 1. The molecule has 0 radical (unpaired) electrons. The Morgan fingerprint density at radius 1 is 1.05 bits per heavy atom. The van der Waals surface area contributed by atoms with Crippen LogP contribution in [0.25, 0.3) is 0 Å². The fourth-order valence-corrected chi connectivity index (χ4v) is 3.19. The van der Waals surface area contributed by atoms with Gasteiger partial charge < -0.3 is 10.1 Å². The quantitative estimate of drug-likeness (QED) is 0.724. The Kier molecular flexibility index (Phi) is 4.38. The van der Waals surface area contributed by atoms with E-state index >= 15 is 0 Å². The molecule has 2 rings (SSSR count). The topological polar surface area (TPSA) is 99.3 Å². The first kappa shape index (κ1) is 16.0. The number of aromatic nitrogens is 1. The second kappa shape index (κ2) is 5.76. The Morgan fingerprint density at radius 3 is 2.14 bits per heavy atom. The predicted molar refractivity (Wildman–Crippen MR) is 81.0 cm³/mol. The van der Waals surface area contributed by atoms with Crippen molar-refractivity contribution in [1.82, 2.24) is 4.98 Å². The van der Waals surface area contributed by atoms with Gasteiger partial charge in [-0.2, -0.15) is 0 Å². The summed E-state index contributed by atoms with van der Waals surface area (Å²) in [5.41, 5.74) is -0.559. The molecule has 0 amide bonds. The second-order valence-corrected chi connectivity index (χ2v) is 6.81. The standard InChI is InChI=1S/C11H7Cl3N2O4S/c12-7-1-5(2-8(13)10(7)17)16-21(19,20)6-3-9(14)11(18)15-4-6/h1-4,16-17H,(H,15,18). The molecule has 1 heterocycles. The monoisotopic (exact) mass is 368 g/mol. The number of pyridine rings is 1. The number of aromatic amines is 1. The molecule has 21 heavy (non-hydrogen) atoms. The fourth-order valence-electron chi connectivity index (χ4n) is 1.43. The number of sulfonamides is 1. The molecule has 0 unspecified atom stereocenters. The molecule has 3 N–H and O–H groups in total. The van der Waals surface area contributed by atoms with E-state index in [0.717, 1.165) is 12.3 Å².